The monoisotopic (exact) mass is 169 g/mol. The highest BCUT2D eigenvalue weighted by Gasteiger charge is 2.37. The molecule has 12 heavy (non-hydrogen) atoms. The van der Waals surface area contributed by atoms with Gasteiger partial charge in [0.25, 0.3) is 0 Å². The van der Waals surface area contributed by atoms with E-state index in [1.165, 1.54) is 0 Å². The number of hydrogen-bond acceptors (Lipinski definition) is 3. The van der Waals surface area contributed by atoms with Gasteiger partial charge in [0.1, 0.15) is 0 Å². The van der Waals surface area contributed by atoms with E-state index in [1.54, 1.807) is 0 Å². The summed E-state index contributed by atoms with van der Waals surface area (Å²) in [5.41, 5.74) is 4.91. The summed E-state index contributed by atoms with van der Waals surface area (Å²) in [6.45, 7) is 1.81. The third-order valence-corrected chi connectivity index (χ3v) is 2.03. The maximum Gasteiger partial charge on any atom is 0.235 e. The standard InChI is InChI=1S/C8H11NO3/c1-4-2-5(10)7(8(9)12)6(11)3-4/h4,7H,2-3H2,1H3,(H2,9,12). The summed E-state index contributed by atoms with van der Waals surface area (Å²) in [6, 6.07) is 0. The summed E-state index contributed by atoms with van der Waals surface area (Å²) in [6.07, 6.45) is 0.582. The summed E-state index contributed by atoms with van der Waals surface area (Å²) < 4.78 is 0. The average Bonchev–Trinajstić information content (AvgIpc) is 1.82. The van der Waals surface area contributed by atoms with Gasteiger partial charge in [0, 0.05) is 12.8 Å². The van der Waals surface area contributed by atoms with Crippen LogP contribution in [-0.4, -0.2) is 17.5 Å². The number of primary amides is 1. The predicted molar refractivity (Wildman–Crippen MR) is 41.1 cm³/mol. The Morgan fingerprint density at radius 1 is 1.33 bits per heavy atom. The van der Waals surface area contributed by atoms with Crippen LogP contribution in [0.1, 0.15) is 19.8 Å². The fourth-order valence-electron chi connectivity index (χ4n) is 1.49. The minimum absolute atomic E-state index is 0.0561. The van der Waals surface area contributed by atoms with E-state index in [4.69, 9.17) is 5.73 Å². The molecule has 0 spiro atoms. The van der Waals surface area contributed by atoms with Crippen molar-refractivity contribution in [2.24, 2.45) is 17.6 Å². The molecule has 4 nitrogen and oxygen atoms in total. The molecule has 0 atom stereocenters. The van der Waals surface area contributed by atoms with Gasteiger partial charge in [-0.1, -0.05) is 6.92 Å². The van der Waals surface area contributed by atoms with Gasteiger partial charge < -0.3 is 5.73 Å². The van der Waals surface area contributed by atoms with Crippen LogP contribution in [-0.2, 0) is 14.4 Å². The second-order valence-corrected chi connectivity index (χ2v) is 3.28. The van der Waals surface area contributed by atoms with E-state index in [1.807, 2.05) is 6.92 Å². The molecule has 1 saturated carbocycles. The molecule has 1 fully saturated rings. The topological polar surface area (TPSA) is 77.2 Å². The lowest BCUT2D eigenvalue weighted by Crippen LogP contribution is -2.41. The van der Waals surface area contributed by atoms with Gasteiger partial charge in [-0.25, -0.2) is 0 Å². The lowest BCUT2D eigenvalue weighted by molar-refractivity contribution is -0.142. The van der Waals surface area contributed by atoms with E-state index in [-0.39, 0.29) is 17.5 Å². The highest BCUT2D eigenvalue weighted by atomic mass is 16.2. The maximum absolute atomic E-state index is 11.1. The molecule has 0 aromatic rings. The van der Waals surface area contributed by atoms with E-state index in [0.717, 1.165) is 0 Å². The number of nitrogens with two attached hydrogens (primary N) is 1. The number of rotatable bonds is 1. The summed E-state index contributed by atoms with van der Waals surface area (Å²) in [4.78, 5) is 32.9. The van der Waals surface area contributed by atoms with E-state index >= 15 is 0 Å². The Morgan fingerprint density at radius 2 is 1.75 bits per heavy atom. The Bertz CT molecular complexity index is 229. The smallest absolute Gasteiger partial charge is 0.235 e. The zero-order chi connectivity index (χ0) is 9.30. The van der Waals surface area contributed by atoms with Crippen LogP contribution in [0.15, 0.2) is 0 Å². The first-order valence-corrected chi connectivity index (χ1v) is 3.87. The minimum atomic E-state index is -1.17. The van der Waals surface area contributed by atoms with Crippen LogP contribution in [0, 0.1) is 11.8 Å². The number of hydrogen-bond donors (Lipinski definition) is 1. The molecule has 0 unspecified atom stereocenters. The normalized spacial score (nSPS) is 30.4. The fraction of sp³-hybridized carbons (Fsp3) is 0.625. The number of carbonyl (C=O) groups is 3. The molecule has 1 amide bonds. The molecule has 1 aliphatic rings. The van der Waals surface area contributed by atoms with Gasteiger partial charge in [0.15, 0.2) is 17.5 Å². The van der Waals surface area contributed by atoms with Crippen LogP contribution >= 0.6 is 0 Å². The van der Waals surface area contributed by atoms with E-state index in [2.05, 4.69) is 0 Å². The predicted octanol–water partition coefficient (Wildman–Crippen LogP) is -0.344. The van der Waals surface area contributed by atoms with Crippen molar-refractivity contribution in [2.45, 2.75) is 19.8 Å². The number of Topliss-reactive ketones (excluding diaryl/α,β-unsaturated/α-hetero) is 2. The van der Waals surface area contributed by atoms with Crippen molar-refractivity contribution < 1.29 is 14.4 Å². The quantitative estimate of drug-likeness (QED) is 0.545. The zero-order valence-corrected chi connectivity index (χ0v) is 6.87. The third kappa shape index (κ3) is 1.52. The van der Waals surface area contributed by atoms with Crippen LogP contribution in [0.4, 0.5) is 0 Å². The van der Waals surface area contributed by atoms with Gasteiger partial charge in [-0.3, -0.25) is 14.4 Å². The molecule has 1 rings (SSSR count). The Balaban J connectivity index is 2.81. The second kappa shape index (κ2) is 3.05. The molecule has 0 bridgehead atoms. The Kier molecular flexibility index (Phi) is 2.26. The van der Waals surface area contributed by atoms with Crippen molar-refractivity contribution in [3.05, 3.63) is 0 Å². The lowest BCUT2D eigenvalue weighted by Gasteiger charge is -2.21. The van der Waals surface area contributed by atoms with E-state index in [9.17, 15) is 14.4 Å². The van der Waals surface area contributed by atoms with Gasteiger partial charge >= 0.3 is 0 Å². The second-order valence-electron chi connectivity index (χ2n) is 3.28. The lowest BCUT2D eigenvalue weighted by atomic mass is 9.80. The SMILES string of the molecule is CC1CC(=O)C(C(N)=O)C(=O)C1. The summed E-state index contributed by atoms with van der Waals surface area (Å²) in [7, 11) is 0. The maximum atomic E-state index is 11.1. The molecule has 0 aromatic heterocycles. The Labute approximate surface area is 70.1 Å². The van der Waals surface area contributed by atoms with Crippen LogP contribution in [0.2, 0.25) is 0 Å². The third-order valence-electron chi connectivity index (χ3n) is 2.03. The van der Waals surface area contributed by atoms with E-state index in [0.29, 0.717) is 12.8 Å². The molecule has 4 heteroatoms. The fourth-order valence-corrected chi connectivity index (χ4v) is 1.49. The number of ketones is 2. The number of carbonyl (C=O) groups excluding carboxylic acids is 3. The van der Waals surface area contributed by atoms with Crippen molar-refractivity contribution in [3.8, 4) is 0 Å². The first-order chi connectivity index (χ1) is 5.52. The molecule has 0 aliphatic heterocycles. The molecule has 0 radical (unpaired) electrons. The van der Waals surface area contributed by atoms with Crippen molar-refractivity contribution in [2.75, 3.05) is 0 Å². The molecule has 66 valence electrons. The largest absolute Gasteiger partial charge is 0.369 e. The molecular formula is C8H11NO3. The molecule has 1 aliphatic carbocycles. The van der Waals surface area contributed by atoms with Gasteiger partial charge in [-0.05, 0) is 5.92 Å². The molecular weight excluding hydrogens is 158 g/mol. The van der Waals surface area contributed by atoms with Crippen molar-refractivity contribution in [1.82, 2.24) is 0 Å². The van der Waals surface area contributed by atoms with E-state index < -0.39 is 11.8 Å². The average molecular weight is 169 g/mol. The molecule has 2 N–H and O–H groups in total. The summed E-state index contributed by atoms with van der Waals surface area (Å²) in [5.74, 6) is -2.57. The van der Waals surface area contributed by atoms with Crippen molar-refractivity contribution >= 4 is 17.5 Å². The van der Waals surface area contributed by atoms with Crippen molar-refractivity contribution in [1.29, 1.82) is 0 Å². The van der Waals surface area contributed by atoms with Crippen LogP contribution in [0.25, 0.3) is 0 Å². The van der Waals surface area contributed by atoms with Crippen LogP contribution in [0.5, 0.6) is 0 Å². The Morgan fingerprint density at radius 3 is 2.08 bits per heavy atom. The van der Waals surface area contributed by atoms with Crippen LogP contribution in [0.3, 0.4) is 0 Å². The molecule has 0 saturated heterocycles. The first-order valence-electron chi connectivity index (χ1n) is 3.87. The first kappa shape index (κ1) is 8.90. The Hall–Kier alpha value is -1.19. The molecule has 0 heterocycles. The number of amides is 1. The highest BCUT2D eigenvalue weighted by Crippen LogP contribution is 2.22. The summed E-state index contributed by atoms with van der Waals surface area (Å²) >= 11 is 0. The van der Waals surface area contributed by atoms with Gasteiger partial charge in [-0.2, -0.15) is 0 Å². The van der Waals surface area contributed by atoms with Gasteiger partial charge in [0.2, 0.25) is 5.91 Å². The van der Waals surface area contributed by atoms with Gasteiger partial charge in [0.05, 0.1) is 0 Å². The minimum Gasteiger partial charge on any atom is -0.369 e. The van der Waals surface area contributed by atoms with Gasteiger partial charge in [-0.15, -0.1) is 0 Å². The molecule has 0 aromatic carbocycles. The van der Waals surface area contributed by atoms with Crippen LogP contribution < -0.4 is 5.73 Å². The zero-order valence-electron chi connectivity index (χ0n) is 6.87. The highest BCUT2D eigenvalue weighted by molar-refractivity contribution is 6.19. The van der Waals surface area contributed by atoms with Crippen molar-refractivity contribution in [3.63, 3.8) is 0 Å². The summed E-state index contributed by atoms with van der Waals surface area (Å²) in [5, 5.41) is 0.